The van der Waals surface area contributed by atoms with Gasteiger partial charge in [-0.3, -0.25) is 0 Å². The molecule has 2 radical (unpaired) electrons. The normalized spacial score (nSPS) is 0. The molecule has 0 aromatic rings. The van der Waals surface area contributed by atoms with Crippen molar-refractivity contribution in [3.63, 3.8) is 0 Å². The number of hydrogen-bond donors (Lipinski definition) is 0. The third-order valence-corrected chi connectivity index (χ3v) is 0. The molecule has 0 spiro atoms. The fourth-order valence-electron chi connectivity index (χ4n) is 0. The van der Waals surface area contributed by atoms with Gasteiger partial charge in [-0.15, -0.1) is 24.0 Å². The Labute approximate surface area is 75.0 Å². The molecule has 54 valence electrons. The van der Waals surface area contributed by atoms with E-state index in [1.807, 2.05) is 0 Å². The van der Waals surface area contributed by atoms with Crippen LogP contribution in [0.25, 0.3) is 0 Å². The molecule has 0 unspecified atom stereocenters. The molecule has 0 saturated carbocycles. The van der Waals surface area contributed by atoms with Crippen LogP contribution in [0.2, 0.25) is 0 Å². The van der Waals surface area contributed by atoms with Crippen LogP contribution in [0.3, 0.4) is 0 Å². The molecule has 7 heavy (non-hydrogen) atoms. The molecule has 0 aromatic heterocycles. The van der Waals surface area contributed by atoms with Crippen molar-refractivity contribution < 1.29 is 27.4 Å². The second kappa shape index (κ2) is 166. The third kappa shape index (κ3) is 118. The minimum absolute atomic E-state index is 0. The summed E-state index contributed by atoms with van der Waals surface area (Å²) in [7, 11) is 0. The van der Waals surface area contributed by atoms with Crippen LogP contribution < -0.4 is 0 Å². The van der Waals surface area contributed by atoms with Crippen LogP contribution in [0.4, 0.5) is 0 Å². The van der Waals surface area contributed by atoms with E-state index in [0.717, 1.165) is 0 Å². The summed E-state index contributed by atoms with van der Waals surface area (Å²) in [4.78, 5) is 0. The van der Waals surface area contributed by atoms with E-state index in [1.54, 1.807) is 0 Å². The van der Waals surface area contributed by atoms with Gasteiger partial charge in [0.05, 0.1) is 0 Å². The van der Waals surface area contributed by atoms with Gasteiger partial charge in [0.1, 0.15) is 0 Å². The van der Waals surface area contributed by atoms with E-state index in [0.29, 0.717) is 0 Å². The molecular formula is H13IO5Sn. The van der Waals surface area contributed by atoms with Crippen molar-refractivity contribution in [2.75, 3.05) is 0 Å². The molecule has 0 fully saturated rings. The van der Waals surface area contributed by atoms with Gasteiger partial charge in [-0.05, 0) is 0 Å². The van der Waals surface area contributed by atoms with Crippen LogP contribution in [-0.4, -0.2) is 51.3 Å². The summed E-state index contributed by atoms with van der Waals surface area (Å²) >= 11 is 0. The first kappa shape index (κ1) is 253. The van der Waals surface area contributed by atoms with Crippen molar-refractivity contribution in [2.45, 2.75) is 0 Å². The summed E-state index contributed by atoms with van der Waals surface area (Å²) in [5.41, 5.74) is 0. The molecular weight excluding hydrogens is 326 g/mol. The second-order valence-corrected chi connectivity index (χ2v) is 0. The van der Waals surface area contributed by atoms with Gasteiger partial charge in [-0.25, -0.2) is 0 Å². The van der Waals surface area contributed by atoms with Crippen molar-refractivity contribution in [3.05, 3.63) is 0 Å². The molecule has 7 heteroatoms. The zero-order valence-electron chi connectivity index (χ0n) is 3.62. The van der Waals surface area contributed by atoms with Crippen molar-refractivity contribution in [1.29, 1.82) is 0 Å². The SMILES string of the molecule is I.O.O.O.O.O.[SnH2]. The zero-order chi connectivity index (χ0) is 0. The summed E-state index contributed by atoms with van der Waals surface area (Å²) in [5.74, 6) is 0. The van der Waals surface area contributed by atoms with Crippen LogP contribution in [0.5, 0.6) is 0 Å². The van der Waals surface area contributed by atoms with Crippen LogP contribution in [-0.2, 0) is 0 Å². The predicted molar refractivity (Wildman–Crippen MR) is 42.0 cm³/mol. The average Bonchev–Trinajstić information content (AvgIpc) is 0. The number of hydrogen-bond acceptors (Lipinski definition) is 0. The van der Waals surface area contributed by atoms with Gasteiger partial charge in [0.25, 0.3) is 0 Å². The molecule has 0 aliphatic heterocycles. The van der Waals surface area contributed by atoms with Crippen molar-refractivity contribution in [3.8, 4) is 0 Å². The van der Waals surface area contributed by atoms with Gasteiger partial charge < -0.3 is 27.4 Å². The van der Waals surface area contributed by atoms with Gasteiger partial charge in [0, 0.05) is 0 Å². The second-order valence-electron chi connectivity index (χ2n) is 0. The van der Waals surface area contributed by atoms with Gasteiger partial charge in [-0.1, -0.05) is 0 Å². The van der Waals surface area contributed by atoms with Gasteiger partial charge in [0.15, 0.2) is 0 Å². The Morgan fingerprint density at radius 3 is 0.429 bits per heavy atom. The quantitative estimate of drug-likeness (QED) is 0.308. The zero-order valence-corrected chi connectivity index (χ0v) is 9.98. The monoisotopic (exact) mass is 340 g/mol. The Balaban J connectivity index is 0. The predicted octanol–water partition coefficient (Wildman–Crippen LogP) is -4.42. The van der Waals surface area contributed by atoms with Crippen LogP contribution >= 0.6 is 24.0 Å². The summed E-state index contributed by atoms with van der Waals surface area (Å²) in [5, 5.41) is 0. The van der Waals surface area contributed by atoms with Gasteiger partial charge in [-0.2, -0.15) is 0 Å². The Morgan fingerprint density at radius 2 is 0.429 bits per heavy atom. The maximum absolute atomic E-state index is 0. The molecule has 0 rings (SSSR count). The molecule has 0 aromatic carbocycles. The molecule has 10 N–H and O–H groups in total. The Bertz CT molecular complexity index is 8.04. The van der Waals surface area contributed by atoms with Crippen LogP contribution in [0.15, 0.2) is 0 Å². The van der Waals surface area contributed by atoms with E-state index in [-0.39, 0.29) is 75.3 Å². The first-order valence-corrected chi connectivity index (χ1v) is 0. The Kier molecular flexibility index (Phi) is 6020. The molecule has 0 saturated heterocycles. The molecule has 0 aliphatic rings. The first-order chi connectivity index (χ1) is 0. The average molecular weight is 339 g/mol. The van der Waals surface area contributed by atoms with Crippen molar-refractivity contribution in [2.24, 2.45) is 0 Å². The van der Waals surface area contributed by atoms with Crippen LogP contribution in [0.1, 0.15) is 0 Å². The summed E-state index contributed by atoms with van der Waals surface area (Å²) in [6, 6.07) is 0. The van der Waals surface area contributed by atoms with E-state index in [1.165, 1.54) is 0 Å². The van der Waals surface area contributed by atoms with Crippen molar-refractivity contribution in [1.82, 2.24) is 0 Å². The molecule has 0 bridgehead atoms. The van der Waals surface area contributed by atoms with E-state index < -0.39 is 0 Å². The van der Waals surface area contributed by atoms with E-state index in [9.17, 15) is 0 Å². The summed E-state index contributed by atoms with van der Waals surface area (Å²) in [6.07, 6.45) is 0. The summed E-state index contributed by atoms with van der Waals surface area (Å²) < 4.78 is 0. The topological polar surface area (TPSA) is 158 Å². The van der Waals surface area contributed by atoms with E-state index >= 15 is 0 Å². The van der Waals surface area contributed by atoms with E-state index in [2.05, 4.69) is 0 Å². The number of rotatable bonds is 0. The van der Waals surface area contributed by atoms with Gasteiger partial charge >= 0.3 is 23.9 Å². The fourth-order valence-corrected chi connectivity index (χ4v) is 0. The van der Waals surface area contributed by atoms with Crippen molar-refractivity contribution >= 4 is 47.9 Å². The molecule has 0 aliphatic carbocycles. The first-order valence-electron chi connectivity index (χ1n) is 0. The molecule has 0 amide bonds. The number of halogens is 1. The standard InChI is InChI=1S/HI.5H2O.Sn.2H/h1H;5*1H2;;;. The Morgan fingerprint density at radius 1 is 0.429 bits per heavy atom. The van der Waals surface area contributed by atoms with E-state index in [4.69, 9.17) is 0 Å². The third-order valence-electron chi connectivity index (χ3n) is 0. The maximum atomic E-state index is 0. The molecule has 0 atom stereocenters. The fraction of sp³-hybridized carbons (Fsp3) is 0. The molecule has 0 heterocycles. The van der Waals surface area contributed by atoms with Gasteiger partial charge in [0.2, 0.25) is 0 Å². The molecule has 5 nitrogen and oxygen atoms in total. The minimum atomic E-state index is 0. The summed E-state index contributed by atoms with van der Waals surface area (Å²) in [6.45, 7) is 0. The Hall–Kier alpha value is 1.33. The van der Waals surface area contributed by atoms with Crippen LogP contribution in [0, 0.1) is 0 Å².